The van der Waals surface area contributed by atoms with Crippen molar-refractivity contribution in [2.45, 2.75) is 13.3 Å². The summed E-state index contributed by atoms with van der Waals surface area (Å²) in [4.78, 5) is 0. The van der Waals surface area contributed by atoms with E-state index in [1.54, 1.807) is 0 Å². The van der Waals surface area contributed by atoms with E-state index in [0.29, 0.717) is 0 Å². The van der Waals surface area contributed by atoms with Crippen LogP contribution in [0.2, 0.25) is 0 Å². The molecule has 0 N–H and O–H groups in total. The van der Waals surface area contributed by atoms with Gasteiger partial charge in [0.1, 0.15) is 0 Å². The Balaban J connectivity index is 0.000000276. The minimum Gasteiger partial charge on any atom is -0.273 e. The third kappa shape index (κ3) is 4.91. The summed E-state index contributed by atoms with van der Waals surface area (Å²) in [6.45, 7) is 2.21. The van der Waals surface area contributed by atoms with Crippen molar-refractivity contribution in [3.8, 4) is 0 Å². The summed E-state index contributed by atoms with van der Waals surface area (Å²) in [6.07, 6.45) is 10.0. The van der Waals surface area contributed by atoms with Crippen molar-refractivity contribution in [3.05, 3.63) is 90.5 Å². The first-order chi connectivity index (χ1) is 10.8. The quantitative estimate of drug-likeness (QED) is 0.433. The Hall–Kier alpha value is -1.16. The van der Waals surface area contributed by atoms with E-state index >= 15 is 0 Å². The molecule has 112 valence electrons. The molecule has 1 unspecified atom stereocenters. The van der Waals surface area contributed by atoms with Crippen molar-refractivity contribution < 1.29 is 26.2 Å². The molecule has 23 heavy (non-hydrogen) atoms. The van der Waals surface area contributed by atoms with E-state index < -0.39 is 0 Å². The zero-order valence-electron chi connectivity index (χ0n) is 13.2. The van der Waals surface area contributed by atoms with Gasteiger partial charge in [0.05, 0.1) is 0 Å². The summed E-state index contributed by atoms with van der Waals surface area (Å²) < 4.78 is 0. The summed E-state index contributed by atoms with van der Waals surface area (Å²) >= 11 is 0. The Morgan fingerprint density at radius 2 is 1.74 bits per heavy atom. The van der Waals surface area contributed by atoms with Crippen molar-refractivity contribution in [3.63, 3.8) is 0 Å². The molecule has 0 saturated carbocycles. The van der Waals surface area contributed by atoms with Gasteiger partial charge in [0.25, 0.3) is 0 Å². The Morgan fingerprint density at radius 1 is 1.00 bits per heavy atom. The summed E-state index contributed by atoms with van der Waals surface area (Å²) in [6, 6.07) is 21.7. The van der Waals surface area contributed by atoms with Gasteiger partial charge in [0.2, 0.25) is 0 Å². The number of benzene rings is 2. The standard InChI is InChI=1S/C16H14P.C5H5.Zr/c1-12-11-13-7-5-6-10-15(13)16(12)17-14-8-3-2-4-9-14;1-2-4-5-3-1;/h2-11,17H,1H3;1-3H,4H2;/q2*-1;+2. The largest absolute Gasteiger partial charge is 2.00 e. The topological polar surface area (TPSA) is 0 Å². The van der Waals surface area contributed by atoms with Gasteiger partial charge in [0.15, 0.2) is 0 Å². The molecule has 0 heterocycles. The maximum absolute atomic E-state index is 2.99. The second-order valence-corrected chi connectivity index (χ2v) is 6.61. The van der Waals surface area contributed by atoms with E-state index in [2.05, 4.69) is 79.7 Å². The fourth-order valence-corrected chi connectivity index (χ4v) is 3.82. The number of hydrogen-bond acceptors (Lipinski definition) is 0. The minimum absolute atomic E-state index is 0. The zero-order chi connectivity index (χ0) is 15.2. The SMILES string of the molecule is Cc1[cH-]c2ccccc2c1Pc1ccccc1.[C-]1=CC=CC1.[Zr+2]. The molecule has 4 rings (SSSR count). The Labute approximate surface area is 159 Å². The summed E-state index contributed by atoms with van der Waals surface area (Å²) in [5.41, 5.74) is 1.41. The van der Waals surface area contributed by atoms with Gasteiger partial charge in [-0.3, -0.25) is 6.08 Å². The van der Waals surface area contributed by atoms with Crippen LogP contribution in [0, 0.1) is 13.0 Å². The molecule has 0 amide bonds. The molecule has 3 aromatic carbocycles. The van der Waals surface area contributed by atoms with Crippen LogP contribution in [0.4, 0.5) is 0 Å². The van der Waals surface area contributed by atoms with E-state index in [0.717, 1.165) is 15.0 Å². The Morgan fingerprint density at radius 3 is 2.39 bits per heavy atom. The van der Waals surface area contributed by atoms with E-state index in [-0.39, 0.29) is 26.2 Å². The molecule has 0 aromatic heterocycles. The van der Waals surface area contributed by atoms with E-state index in [4.69, 9.17) is 0 Å². The van der Waals surface area contributed by atoms with Crippen LogP contribution >= 0.6 is 8.58 Å². The van der Waals surface area contributed by atoms with E-state index in [1.807, 2.05) is 12.2 Å². The fraction of sp³-hybridized carbons (Fsp3) is 0.0952. The predicted molar refractivity (Wildman–Crippen MR) is 99.9 cm³/mol. The van der Waals surface area contributed by atoms with Crippen molar-refractivity contribution in [2.75, 3.05) is 0 Å². The molecular formula is C21H19PZr. The molecule has 0 nitrogen and oxygen atoms in total. The number of hydrogen-bond donors (Lipinski definition) is 0. The smallest absolute Gasteiger partial charge is 0.273 e. The van der Waals surface area contributed by atoms with Crippen LogP contribution in [0.5, 0.6) is 0 Å². The Kier molecular flexibility index (Phi) is 7.29. The van der Waals surface area contributed by atoms with Gasteiger partial charge in [-0.05, 0) is 5.30 Å². The van der Waals surface area contributed by atoms with E-state index in [9.17, 15) is 0 Å². The number of fused-ring (bicyclic) bond motifs is 1. The number of aryl methyl sites for hydroxylation is 1. The van der Waals surface area contributed by atoms with Crippen LogP contribution in [0.3, 0.4) is 0 Å². The zero-order valence-corrected chi connectivity index (χ0v) is 16.7. The molecule has 0 saturated heterocycles. The summed E-state index contributed by atoms with van der Waals surface area (Å²) in [7, 11) is 0.754. The van der Waals surface area contributed by atoms with Crippen LogP contribution in [-0.2, 0) is 26.2 Å². The van der Waals surface area contributed by atoms with Gasteiger partial charge in [-0.25, -0.2) is 12.2 Å². The van der Waals surface area contributed by atoms with Crippen LogP contribution < -0.4 is 10.6 Å². The van der Waals surface area contributed by atoms with Crippen molar-refractivity contribution in [1.29, 1.82) is 0 Å². The van der Waals surface area contributed by atoms with Crippen LogP contribution in [0.25, 0.3) is 10.8 Å². The second-order valence-electron chi connectivity index (χ2n) is 5.28. The summed E-state index contributed by atoms with van der Waals surface area (Å²) in [5.74, 6) is 0. The van der Waals surface area contributed by atoms with Gasteiger partial charge in [-0.1, -0.05) is 43.3 Å². The first-order valence-corrected chi connectivity index (χ1v) is 8.53. The average Bonchev–Trinajstić information content (AvgIpc) is 3.22. The minimum atomic E-state index is 0. The third-order valence-corrected chi connectivity index (χ3v) is 5.16. The molecule has 2 heteroatoms. The molecule has 0 fully saturated rings. The first kappa shape index (κ1) is 18.2. The fourth-order valence-electron chi connectivity index (χ4n) is 2.54. The molecule has 0 bridgehead atoms. The van der Waals surface area contributed by atoms with Crippen LogP contribution in [0.15, 0.2) is 78.9 Å². The third-order valence-electron chi connectivity index (χ3n) is 3.63. The molecule has 0 aliphatic heterocycles. The molecule has 0 spiro atoms. The van der Waals surface area contributed by atoms with Gasteiger partial charge < -0.3 is 0 Å². The van der Waals surface area contributed by atoms with Gasteiger partial charge in [-0.2, -0.15) is 6.08 Å². The maximum atomic E-state index is 2.99. The molecule has 1 aliphatic carbocycles. The van der Waals surface area contributed by atoms with Crippen LogP contribution in [0.1, 0.15) is 12.0 Å². The van der Waals surface area contributed by atoms with Crippen LogP contribution in [-0.4, -0.2) is 0 Å². The molecule has 1 aliphatic rings. The maximum Gasteiger partial charge on any atom is 2.00 e. The van der Waals surface area contributed by atoms with E-state index in [1.165, 1.54) is 26.9 Å². The second kappa shape index (κ2) is 9.21. The molecule has 1 atom stereocenters. The van der Waals surface area contributed by atoms with Gasteiger partial charge in [-0.15, -0.1) is 60.9 Å². The van der Waals surface area contributed by atoms with Crippen molar-refractivity contribution in [2.24, 2.45) is 0 Å². The Bertz CT molecular complexity index is 787. The first-order valence-electron chi connectivity index (χ1n) is 7.53. The number of rotatable bonds is 2. The average molecular weight is 394 g/mol. The summed E-state index contributed by atoms with van der Waals surface area (Å²) in [5, 5.41) is 5.68. The van der Waals surface area contributed by atoms with Crippen molar-refractivity contribution >= 4 is 30.0 Å². The molecule has 0 radical (unpaired) electrons. The van der Waals surface area contributed by atoms with Crippen molar-refractivity contribution in [1.82, 2.24) is 0 Å². The predicted octanol–water partition coefficient (Wildman–Crippen LogP) is 4.80. The molecular weight excluding hydrogens is 374 g/mol. The van der Waals surface area contributed by atoms with Gasteiger partial charge >= 0.3 is 26.2 Å². The normalized spacial score (nSPS) is 12.4. The van der Waals surface area contributed by atoms with Gasteiger partial charge in [0, 0.05) is 0 Å². The number of allylic oxidation sites excluding steroid dienone is 4. The monoisotopic (exact) mass is 392 g/mol. The molecule has 3 aromatic rings.